The van der Waals surface area contributed by atoms with E-state index in [1.54, 1.807) is 18.2 Å². The van der Waals surface area contributed by atoms with Crippen LogP contribution in [-0.2, 0) is 20.2 Å². The van der Waals surface area contributed by atoms with Gasteiger partial charge in [-0.15, -0.1) is 0 Å². The molecule has 0 spiro atoms. The molecule has 0 atom stereocenters. The van der Waals surface area contributed by atoms with Gasteiger partial charge in [0.15, 0.2) is 5.75 Å². The van der Waals surface area contributed by atoms with Crippen LogP contribution < -0.4 is 4.18 Å². The van der Waals surface area contributed by atoms with Crippen LogP contribution in [0, 0.1) is 0 Å². The number of rotatable bonds is 4. The summed E-state index contributed by atoms with van der Waals surface area (Å²) in [6, 6.07) is 10.7. The summed E-state index contributed by atoms with van der Waals surface area (Å²) < 4.78 is 59.9. The van der Waals surface area contributed by atoms with Crippen molar-refractivity contribution in [3.05, 3.63) is 53.0 Å². The maximum absolute atomic E-state index is 12.0. The summed E-state index contributed by atoms with van der Waals surface area (Å²) in [4.78, 5) is -0.408. The van der Waals surface area contributed by atoms with E-state index in [1.165, 1.54) is 12.1 Å². The molecule has 1 N–H and O–H groups in total. The quantitative estimate of drug-likeness (QED) is 0.633. The van der Waals surface area contributed by atoms with Gasteiger partial charge in [0, 0.05) is 0 Å². The fourth-order valence-electron chi connectivity index (χ4n) is 1.46. The maximum Gasteiger partial charge on any atom is 0.339 e. The van der Waals surface area contributed by atoms with E-state index >= 15 is 0 Å². The molecule has 21 heavy (non-hydrogen) atoms. The molecule has 9 heteroatoms. The van der Waals surface area contributed by atoms with Gasteiger partial charge in [0.1, 0.15) is 4.90 Å². The molecule has 0 unspecified atom stereocenters. The zero-order valence-electron chi connectivity index (χ0n) is 10.3. The highest BCUT2D eigenvalue weighted by Gasteiger charge is 2.19. The summed E-state index contributed by atoms with van der Waals surface area (Å²) in [5, 5.41) is 0. The van der Waals surface area contributed by atoms with Crippen molar-refractivity contribution < 1.29 is 25.6 Å². The van der Waals surface area contributed by atoms with Crippen LogP contribution in [0.4, 0.5) is 0 Å². The Morgan fingerprint density at radius 3 is 2.05 bits per heavy atom. The highest BCUT2D eigenvalue weighted by molar-refractivity contribution is 9.10. The third-order valence-corrected chi connectivity index (χ3v) is 5.15. The summed E-state index contributed by atoms with van der Waals surface area (Å²) in [5.74, 6) is -0.0914. The van der Waals surface area contributed by atoms with Gasteiger partial charge in [-0.05, 0) is 46.3 Å². The van der Waals surface area contributed by atoms with E-state index in [1.807, 2.05) is 0 Å². The second-order valence-electron chi connectivity index (χ2n) is 3.92. The third-order valence-electron chi connectivity index (χ3n) is 2.43. The first-order valence-corrected chi connectivity index (χ1v) is 9.11. The van der Waals surface area contributed by atoms with Crippen molar-refractivity contribution in [2.75, 3.05) is 0 Å². The van der Waals surface area contributed by atoms with Gasteiger partial charge in [0.25, 0.3) is 10.1 Å². The Morgan fingerprint density at radius 1 is 0.905 bits per heavy atom. The lowest BCUT2D eigenvalue weighted by molar-refractivity contribution is 0.481. The first-order chi connectivity index (χ1) is 9.70. The Morgan fingerprint density at radius 2 is 1.52 bits per heavy atom. The average molecular weight is 393 g/mol. The van der Waals surface area contributed by atoms with Crippen LogP contribution in [0.5, 0.6) is 5.75 Å². The molecular formula is C12H9BrO6S2. The van der Waals surface area contributed by atoms with Crippen molar-refractivity contribution >= 4 is 36.2 Å². The van der Waals surface area contributed by atoms with Crippen LogP contribution in [0.3, 0.4) is 0 Å². The predicted molar refractivity (Wildman–Crippen MR) is 78.2 cm³/mol. The SMILES string of the molecule is O=S(=O)(O)c1ccc(OS(=O)(=O)c2ccccc2)c(Br)c1. The van der Waals surface area contributed by atoms with Crippen molar-refractivity contribution in [2.45, 2.75) is 9.79 Å². The molecular weight excluding hydrogens is 384 g/mol. The molecule has 0 amide bonds. The van der Waals surface area contributed by atoms with Crippen LogP contribution in [0.2, 0.25) is 0 Å². The number of hydrogen-bond donors (Lipinski definition) is 1. The Labute approximate surface area is 130 Å². The molecule has 0 heterocycles. The number of hydrogen-bond acceptors (Lipinski definition) is 5. The predicted octanol–water partition coefficient (Wildman–Crippen LogP) is 2.46. The molecule has 0 radical (unpaired) electrons. The maximum atomic E-state index is 12.0. The lowest BCUT2D eigenvalue weighted by Crippen LogP contribution is -2.10. The fourth-order valence-corrected chi connectivity index (χ4v) is 3.66. The lowest BCUT2D eigenvalue weighted by Gasteiger charge is -2.09. The Kier molecular flexibility index (Phi) is 4.38. The summed E-state index contributed by atoms with van der Waals surface area (Å²) in [5.41, 5.74) is 0. The smallest absolute Gasteiger partial charge is 0.339 e. The van der Waals surface area contributed by atoms with Gasteiger partial charge in [0.2, 0.25) is 0 Å². The minimum atomic E-state index is -4.37. The van der Waals surface area contributed by atoms with Gasteiger partial charge < -0.3 is 4.18 Å². The van der Waals surface area contributed by atoms with E-state index in [0.29, 0.717) is 0 Å². The lowest BCUT2D eigenvalue weighted by atomic mass is 10.3. The normalized spacial score (nSPS) is 12.1. The number of halogens is 1. The minimum Gasteiger partial charge on any atom is -0.378 e. The molecule has 0 saturated carbocycles. The zero-order valence-corrected chi connectivity index (χ0v) is 13.5. The summed E-state index contributed by atoms with van der Waals surface area (Å²) in [6.45, 7) is 0. The van der Waals surface area contributed by atoms with Gasteiger partial charge in [-0.1, -0.05) is 18.2 Å². The van der Waals surface area contributed by atoms with Crippen LogP contribution in [0.1, 0.15) is 0 Å². The Bertz CT molecular complexity index is 860. The second kappa shape index (κ2) is 5.76. The first kappa shape index (κ1) is 16.0. The average Bonchev–Trinajstić information content (AvgIpc) is 2.41. The van der Waals surface area contributed by atoms with E-state index in [2.05, 4.69) is 15.9 Å². The molecule has 2 aromatic rings. The molecule has 2 aromatic carbocycles. The summed E-state index contributed by atoms with van der Waals surface area (Å²) in [6.07, 6.45) is 0. The van der Waals surface area contributed by atoms with E-state index < -0.39 is 20.2 Å². The highest BCUT2D eigenvalue weighted by Crippen LogP contribution is 2.30. The third kappa shape index (κ3) is 3.82. The molecule has 0 aliphatic carbocycles. The topological polar surface area (TPSA) is 97.7 Å². The van der Waals surface area contributed by atoms with Gasteiger partial charge >= 0.3 is 10.1 Å². The molecule has 0 aromatic heterocycles. The first-order valence-electron chi connectivity index (χ1n) is 5.47. The van der Waals surface area contributed by atoms with E-state index in [9.17, 15) is 16.8 Å². The number of benzene rings is 2. The molecule has 6 nitrogen and oxygen atoms in total. The van der Waals surface area contributed by atoms with Crippen molar-refractivity contribution in [1.29, 1.82) is 0 Å². The minimum absolute atomic E-state index is 0.0317. The van der Waals surface area contributed by atoms with Gasteiger partial charge in [0.05, 0.1) is 9.37 Å². The molecule has 2 rings (SSSR count). The van der Waals surface area contributed by atoms with Gasteiger partial charge in [-0.2, -0.15) is 16.8 Å². The van der Waals surface area contributed by atoms with Crippen LogP contribution >= 0.6 is 15.9 Å². The Balaban J connectivity index is 2.37. The molecule has 0 aliphatic rings. The zero-order chi connectivity index (χ0) is 15.7. The fraction of sp³-hybridized carbons (Fsp3) is 0. The Hall–Kier alpha value is -1.42. The summed E-state index contributed by atoms with van der Waals surface area (Å²) in [7, 11) is -8.40. The standard InChI is InChI=1S/C12H9BrO6S2/c13-11-8-10(20(14,15)16)6-7-12(11)19-21(17,18)9-4-2-1-3-5-9/h1-8H,(H,14,15,16). The molecule has 112 valence electrons. The van der Waals surface area contributed by atoms with Crippen molar-refractivity contribution in [3.63, 3.8) is 0 Å². The summed E-state index contributed by atoms with van der Waals surface area (Å²) >= 11 is 3.00. The molecule has 0 fully saturated rings. The van der Waals surface area contributed by atoms with Crippen LogP contribution in [0.25, 0.3) is 0 Å². The van der Waals surface area contributed by atoms with Crippen LogP contribution in [-0.4, -0.2) is 21.4 Å². The molecule has 0 aliphatic heterocycles. The van der Waals surface area contributed by atoms with Crippen LogP contribution in [0.15, 0.2) is 62.8 Å². The second-order valence-corrected chi connectivity index (χ2v) is 7.74. The van der Waals surface area contributed by atoms with Crippen molar-refractivity contribution in [1.82, 2.24) is 0 Å². The van der Waals surface area contributed by atoms with E-state index in [0.717, 1.165) is 18.2 Å². The van der Waals surface area contributed by atoms with Crippen molar-refractivity contribution in [3.8, 4) is 5.75 Å². The van der Waals surface area contributed by atoms with Crippen molar-refractivity contribution in [2.24, 2.45) is 0 Å². The monoisotopic (exact) mass is 392 g/mol. The van der Waals surface area contributed by atoms with Gasteiger partial charge in [-0.3, -0.25) is 4.55 Å². The molecule has 0 saturated heterocycles. The highest BCUT2D eigenvalue weighted by atomic mass is 79.9. The van der Waals surface area contributed by atoms with E-state index in [4.69, 9.17) is 8.74 Å². The van der Waals surface area contributed by atoms with E-state index in [-0.39, 0.29) is 20.0 Å². The largest absolute Gasteiger partial charge is 0.378 e. The van der Waals surface area contributed by atoms with Gasteiger partial charge in [-0.25, -0.2) is 0 Å². The molecule has 0 bridgehead atoms.